The summed E-state index contributed by atoms with van der Waals surface area (Å²) >= 11 is 0. The highest BCUT2D eigenvalue weighted by atomic mass is 32.2. The number of likely N-dealkylation sites (tertiary alicyclic amines) is 1. The standard InChI is InChI=1S/C26H43NO5S/c1-6-7-8-9-10-11-15-18-22-20-24(32-33(5,29)30)23(19-21-16-13-12-14-17-21)27(22)25(28)31-26(2,3)4/h12-14,16-17,22-24H,6-11,15,18-20H2,1-5H3/t22-,23+,24+/m1/s1. The number of carbonyl (C=O) groups excluding carboxylic acids is 1. The fourth-order valence-electron chi connectivity index (χ4n) is 4.60. The minimum Gasteiger partial charge on any atom is -0.444 e. The van der Waals surface area contributed by atoms with Crippen LogP contribution in [0.4, 0.5) is 4.79 Å². The Bertz CT molecular complexity index is 819. The van der Waals surface area contributed by atoms with Crippen molar-refractivity contribution in [1.29, 1.82) is 0 Å². The third kappa shape index (κ3) is 10.0. The Balaban J connectivity index is 2.19. The van der Waals surface area contributed by atoms with E-state index in [2.05, 4.69) is 6.92 Å². The summed E-state index contributed by atoms with van der Waals surface area (Å²) in [6, 6.07) is 9.33. The highest BCUT2D eigenvalue weighted by molar-refractivity contribution is 7.86. The minimum absolute atomic E-state index is 0.101. The third-order valence-electron chi connectivity index (χ3n) is 6.02. The van der Waals surface area contributed by atoms with E-state index in [9.17, 15) is 13.2 Å². The summed E-state index contributed by atoms with van der Waals surface area (Å²) in [4.78, 5) is 15.1. The van der Waals surface area contributed by atoms with E-state index in [1.54, 1.807) is 4.90 Å². The third-order valence-corrected chi connectivity index (χ3v) is 6.61. The van der Waals surface area contributed by atoms with Gasteiger partial charge >= 0.3 is 6.09 Å². The van der Waals surface area contributed by atoms with Gasteiger partial charge in [-0.3, -0.25) is 9.08 Å². The SMILES string of the molecule is CCCCCCCCC[C@@H]1C[C@H](OS(C)(=O)=O)[C@H](Cc2ccccc2)N1C(=O)OC(C)(C)C. The lowest BCUT2D eigenvalue weighted by atomic mass is 10.0. The summed E-state index contributed by atoms with van der Waals surface area (Å²) in [6.45, 7) is 7.76. The molecule has 0 saturated carbocycles. The van der Waals surface area contributed by atoms with E-state index < -0.39 is 34.0 Å². The molecule has 1 aliphatic rings. The minimum atomic E-state index is -3.66. The molecular weight excluding hydrogens is 438 g/mol. The lowest BCUT2D eigenvalue weighted by Gasteiger charge is -2.33. The van der Waals surface area contributed by atoms with Crippen LogP contribution in [0.15, 0.2) is 30.3 Å². The summed E-state index contributed by atoms with van der Waals surface area (Å²) < 4.78 is 35.3. The first-order chi connectivity index (χ1) is 15.5. The lowest BCUT2D eigenvalue weighted by Crippen LogP contribution is -2.47. The molecule has 1 aromatic rings. The van der Waals surface area contributed by atoms with Crippen LogP contribution in [0, 0.1) is 0 Å². The highest BCUT2D eigenvalue weighted by Gasteiger charge is 2.46. The number of hydrogen-bond donors (Lipinski definition) is 0. The predicted octanol–water partition coefficient (Wildman–Crippen LogP) is 6.09. The van der Waals surface area contributed by atoms with Crippen molar-refractivity contribution < 1.29 is 22.1 Å². The zero-order valence-electron chi connectivity index (χ0n) is 21.1. The first-order valence-electron chi connectivity index (χ1n) is 12.4. The van der Waals surface area contributed by atoms with Gasteiger partial charge in [-0.25, -0.2) is 4.79 Å². The molecule has 188 valence electrons. The summed E-state index contributed by atoms with van der Waals surface area (Å²) in [5.74, 6) is 0. The number of hydrogen-bond acceptors (Lipinski definition) is 5. The van der Waals surface area contributed by atoms with Gasteiger partial charge in [0.2, 0.25) is 0 Å². The van der Waals surface area contributed by atoms with Crippen LogP contribution in [0.1, 0.15) is 91.0 Å². The van der Waals surface area contributed by atoms with Crippen molar-refractivity contribution in [2.45, 2.75) is 116 Å². The molecule has 33 heavy (non-hydrogen) atoms. The van der Waals surface area contributed by atoms with E-state index in [1.165, 1.54) is 32.1 Å². The Hall–Kier alpha value is -1.60. The molecule has 0 aromatic heterocycles. The molecule has 0 spiro atoms. The van der Waals surface area contributed by atoms with E-state index in [-0.39, 0.29) is 6.04 Å². The quantitative estimate of drug-likeness (QED) is 0.267. The number of ether oxygens (including phenoxy) is 1. The van der Waals surface area contributed by atoms with E-state index >= 15 is 0 Å². The number of rotatable bonds is 12. The second-order valence-corrected chi connectivity index (χ2v) is 11.9. The maximum absolute atomic E-state index is 13.3. The fraction of sp³-hybridized carbons (Fsp3) is 0.731. The maximum atomic E-state index is 13.3. The molecule has 0 aliphatic carbocycles. The molecule has 7 heteroatoms. The fourth-order valence-corrected chi connectivity index (χ4v) is 5.25. The number of unbranched alkanes of at least 4 members (excludes halogenated alkanes) is 6. The van der Waals surface area contributed by atoms with Gasteiger partial charge in [-0.2, -0.15) is 8.42 Å². The number of amides is 1. The van der Waals surface area contributed by atoms with Crippen LogP contribution in [0.2, 0.25) is 0 Å². The van der Waals surface area contributed by atoms with Gasteiger partial charge in [0, 0.05) is 6.04 Å². The molecule has 3 atom stereocenters. The van der Waals surface area contributed by atoms with Gasteiger partial charge in [0.15, 0.2) is 0 Å². The predicted molar refractivity (Wildman–Crippen MR) is 133 cm³/mol. The van der Waals surface area contributed by atoms with Crippen LogP contribution in [0.3, 0.4) is 0 Å². The van der Waals surface area contributed by atoms with Crippen LogP contribution in [-0.4, -0.2) is 49.5 Å². The number of nitrogens with zero attached hydrogens (tertiary/aromatic N) is 1. The van der Waals surface area contributed by atoms with Crippen LogP contribution in [0.25, 0.3) is 0 Å². The highest BCUT2D eigenvalue weighted by Crippen LogP contribution is 2.34. The Morgan fingerprint density at radius 2 is 1.64 bits per heavy atom. The maximum Gasteiger partial charge on any atom is 0.410 e. The molecule has 0 bridgehead atoms. The zero-order chi connectivity index (χ0) is 24.5. The summed E-state index contributed by atoms with van der Waals surface area (Å²) in [6.07, 6.45) is 10.3. The van der Waals surface area contributed by atoms with Crippen molar-refractivity contribution in [3.63, 3.8) is 0 Å². The average Bonchev–Trinajstić information content (AvgIpc) is 3.02. The van der Waals surface area contributed by atoms with Gasteiger partial charge in [0.25, 0.3) is 10.1 Å². The number of benzene rings is 1. The van der Waals surface area contributed by atoms with E-state index in [0.717, 1.165) is 31.1 Å². The molecule has 1 saturated heterocycles. The molecular formula is C26H43NO5S. The van der Waals surface area contributed by atoms with Crippen molar-refractivity contribution in [3.8, 4) is 0 Å². The average molecular weight is 482 g/mol. The topological polar surface area (TPSA) is 72.9 Å². The molecule has 0 radical (unpaired) electrons. The molecule has 1 aromatic carbocycles. The smallest absolute Gasteiger partial charge is 0.410 e. The van der Waals surface area contributed by atoms with Crippen LogP contribution >= 0.6 is 0 Å². The molecule has 6 nitrogen and oxygen atoms in total. The lowest BCUT2D eigenvalue weighted by molar-refractivity contribution is 0.00949. The van der Waals surface area contributed by atoms with Crippen molar-refractivity contribution in [2.75, 3.05) is 6.26 Å². The normalized spacial score (nSPS) is 21.4. The first kappa shape index (κ1) is 27.6. The Labute approximate surface area is 201 Å². The zero-order valence-corrected chi connectivity index (χ0v) is 21.9. The van der Waals surface area contributed by atoms with Crippen molar-refractivity contribution in [1.82, 2.24) is 4.90 Å². The molecule has 0 N–H and O–H groups in total. The van der Waals surface area contributed by atoms with Crippen LogP contribution < -0.4 is 0 Å². The van der Waals surface area contributed by atoms with Gasteiger partial charge in [0.1, 0.15) is 5.60 Å². The largest absolute Gasteiger partial charge is 0.444 e. The van der Waals surface area contributed by atoms with Crippen molar-refractivity contribution in [3.05, 3.63) is 35.9 Å². The second kappa shape index (κ2) is 12.7. The molecule has 2 rings (SSSR count). The van der Waals surface area contributed by atoms with Gasteiger partial charge in [-0.1, -0.05) is 82.2 Å². The summed E-state index contributed by atoms with van der Waals surface area (Å²) in [5, 5.41) is 0. The van der Waals surface area contributed by atoms with E-state index in [0.29, 0.717) is 12.8 Å². The van der Waals surface area contributed by atoms with Gasteiger partial charge < -0.3 is 4.74 Å². The van der Waals surface area contributed by atoms with Gasteiger partial charge in [0.05, 0.1) is 18.4 Å². The molecule has 1 fully saturated rings. The molecule has 0 unspecified atom stereocenters. The first-order valence-corrected chi connectivity index (χ1v) is 14.3. The van der Waals surface area contributed by atoms with E-state index in [1.807, 2.05) is 51.1 Å². The van der Waals surface area contributed by atoms with E-state index in [4.69, 9.17) is 8.92 Å². The summed E-state index contributed by atoms with van der Waals surface area (Å²) in [7, 11) is -3.66. The second-order valence-electron chi connectivity index (χ2n) is 10.3. The molecule has 1 heterocycles. The Morgan fingerprint density at radius 1 is 1.03 bits per heavy atom. The molecule has 1 aliphatic heterocycles. The van der Waals surface area contributed by atoms with Crippen molar-refractivity contribution in [2.24, 2.45) is 0 Å². The number of carbonyl (C=O) groups is 1. The van der Waals surface area contributed by atoms with Gasteiger partial charge in [-0.15, -0.1) is 0 Å². The Morgan fingerprint density at radius 3 is 2.21 bits per heavy atom. The Kier molecular flexibility index (Phi) is 10.7. The van der Waals surface area contributed by atoms with Crippen LogP contribution in [0.5, 0.6) is 0 Å². The van der Waals surface area contributed by atoms with Crippen molar-refractivity contribution >= 4 is 16.2 Å². The van der Waals surface area contributed by atoms with Gasteiger partial charge in [-0.05, 0) is 45.6 Å². The monoisotopic (exact) mass is 481 g/mol. The van der Waals surface area contributed by atoms with Crippen LogP contribution in [-0.2, 0) is 25.5 Å². The molecule has 1 amide bonds. The summed E-state index contributed by atoms with van der Waals surface area (Å²) in [5.41, 5.74) is 0.406.